The first kappa shape index (κ1) is 17.7. The van der Waals surface area contributed by atoms with E-state index in [0.29, 0.717) is 5.75 Å². The molecule has 7 heteroatoms. The van der Waals surface area contributed by atoms with Gasteiger partial charge in [-0.05, 0) is 24.3 Å². The molecule has 0 radical (unpaired) electrons. The van der Waals surface area contributed by atoms with Crippen molar-refractivity contribution in [2.45, 2.75) is 12.2 Å². The van der Waals surface area contributed by atoms with Gasteiger partial charge in [-0.1, -0.05) is 23.7 Å². The average molecular weight is 360 g/mol. The number of benzene rings is 2. The van der Waals surface area contributed by atoms with Crippen LogP contribution in [0.4, 0.5) is 18.9 Å². The minimum absolute atomic E-state index is 0.0561. The van der Waals surface area contributed by atoms with Gasteiger partial charge < -0.3 is 5.32 Å². The van der Waals surface area contributed by atoms with E-state index in [1.54, 1.807) is 0 Å². The van der Waals surface area contributed by atoms with E-state index in [9.17, 15) is 18.0 Å². The number of nitrogens with one attached hydrogen (secondary N) is 1. The smallest absolute Gasteiger partial charge is 0.225 e. The van der Waals surface area contributed by atoms with Gasteiger partial charge in [0.1, 0.15) is 5.82 Å². The fourth-order valence-corrected chi connectivity index (χ4v) is 2.89. The lowest BCUT2D eigenvalue weighted by atomic mass is 10.2. The second-order valence-electron chi connectivity index (χ2n) is 4.69. The van der Waals surface area contributed by atoms with Crippen LogP contribution in [0, 0.1) is 17.5 Å². The molecule has 0 heterocycles. The van der Waals surface area contributed by atoms with E-state index < -0.39 is 17.5 Å². The fraction of sp³-hybridized carbons (Fsp3) is 0.188. The predicted molar refractivity (Wildman–Crippen MR) is 87.2 cm³/mol. The van der Waals surface area contributed by atoms with Crippen LogP contribution in [0.2, 0.25) is 5.02 Å². The van der Waals surface area contributed by atoms with Crippen LogP contribution in [0.15, 0.2) is 36.4 Å². The van der Waals surface area contributed by atoms with E-state index in [4.69, 9.17) is 11.6 Å². The van der Waals surface area contributed by atoms with Crippen molar-refractivity contribution < 1.29 is 18.0 Å². The Labute approximate surface area is 141 Å². The van der Waals surface area contributed by atoms with Crippen LogP contribution >= 0.6 is 23.4 Å². The molecular weight excluding hydrogens is 347 g/mol. The highest BCUT2D eigenvalue weighted by atomic mass is 35.5. The normalized spacial score (nSPS) is 10.6. The Hall–Kier alpha value is -1.66. The summed E-state index contributed by atoms with van der Waals surface area (Å²) in [6.45, 7) is 0. The monoisotopic (exact) mass is 359 g/mol. The van der Waals surface area contributed by atoms with E-state index >= 15 is 0 Å². The quantitative estimate of drug-likeness (QED) is 0.734. The van der Waals surface area contributed by atoms with Crippen molar-refractivity contribution in [3.8, 4) is 0 Å². The maximum atomic E-state index is 13.5. The summed E-state index contributed by atoms with van der Waals surface area (Å²) in [5, 5.41) is 2.68. The summed E-state index contributed by atoms with van der Waals surface area (Å²) in [4.78, 5) is 11.7. The summed E-state index contributed by atoms with van der Waals surface area (Å²) in [5.74, 6) is -2.08. The van der Waals surface area contributed by atoms with Crippen molar-refractivity contribution in [3.05, 3.63) is 64.4 Å². The molecule has 0 spiro atoms. The van der Waals surface area contributed by atoms with Crippen LogP contribution in [0.1, 0.15) is 12.0 Å². The van der Waals surface area contributed by atoms with Crippen molar-refractivity contribution in [2.24, 2.45) is 0 Å². The van der Waals surface area contributed by atoms with Gasteiger partial charge in [-0.2, -0.15) is 11.8 Å². The molecule has 0 unspecified atom stereocenters. The van der Waals surface area contributed by atoms with E-state index in [-0.39, 0.29) is 34.4 Å². The molecule has 0 aliphatic carbocycles. The Morgan fingerprint density at radius 2 is 1.91 bits per heavy atom. The SMILES string of the molecule is O=C(CCSCc1cccc(F)c1F)Nc1ccc(Cl)cc1F. The molecule has 2 aromatic rings. The Balaban J connectivity index is 1.78. The third-order valence-electron chi connectivity index (χ3n) is 2.97. The molecule has 0 saturated carbocycles. The first-order valence-electron chi connectivity index (χ1n) is 6.73. The summed E-state index contributed by atoms with van der Waals surface area (Å²) < 4.78 is 40.0. The zero-order chi connectivity index (χ0) is 16.8. The number of amides is 1. The zero-order valence-electron chi connectivity index (χ0n) is 11.9. The van der Waals surface area contributed by atoms with E-state index in [1.807, 2.05) is 0 Å². The molecule has 0 aliphatic heterocycles. The van der Waals surface area contributed by atoms with Gasteiger partial charge in [0.2, 0.25) is 5.91 Å². The van der Waals surface area contributed by atoms with Crippen LogP contribution in [0.5, 0.6) is 0 Å². The number of rotatable bonds is 6. The fourth-order valence-electron chi connectivity index (χ4n) is 1.81. The molecule has 23 heavy (non-hydrogen) atoms. The lowest BCUT2D eigenvalue weighted by Gasteiger charge is -2.07. The van der Waals surface area contributed by atoms with Crippen LogP contribution in [0.25, 0.3) is 0 Å². The highest BCUT2D eigenvalue weighted by Crippen LogP contribution is 2.20. The van der Waals surface area contributed by atoms with Crippen molar-refractivity contribution in [2.75, 3.05) is 11.1 Å². The number of carbonyl (C=O) groups is 1. The Morgan fingerprint density at radius 3 is 2.65 bits per heavy atom. The van der Waals surface area contributed by atoms with Gasteiger partial charge in [0.25, 0.3) is 0 Å². The second kappa shape index (κ2) is 8.26. The summed E-state index contributed by atoms with van der Waals surface area (Å²) in [7, 11) is 0. The van der Waals surface area contributed by atoms with Crippen LogP contribution in [0.3, 0.4) is 0 Å². The molecule has 2 aromatic carbocycles. The summed E-state index contributed by atoms with van der Waals surface area (Å²) in [6, 6.07) is 7.95. The second-order valence-corrected chi connectivity index (χ2v) is 6.23. The van der Waals surface area contributed by atoms with Crippen molar-refractivity contribution in [1.82, 2.24) is 0 Å². The van der Waals surface area contributed by atoms with Gasteiger partial charge >= 0.3 is 0 Å². The first-order chi connectivity index (χ1) is 11.0. The minimum Gasteiger partial charge on any atom is -0.324 e. The third-order valence-corrected chi connectivity index (χ3v) is 4.21. The van der Waals surface area contributed by atoms with Crippen LogP contribution in [-0.2, 0) is 10.5 Å². The number of thioether (sulfide) groups is 1. The Bertz CT molecular complexity index is 712. The maximum absolute atomic E-state index is 13.5. The number of carbonyl (C=O) groups excluding carboxylic acids is 1. The molecular formula is C16H13ClF3NOS. The number of hydrogen-bond donors (Lipinski definition) is 1. The lowest BCUT2D eigenvalue weighted by molar-refractivity contribution is -0.115. The van der Waals surface area contributed by atoms with Crippen molar-refractivity contribution >= 4 is 35.0 Å². The first-order valence-corrected chi connectivity index (χ1v) is 8.26. The number of anilines is 1. The molecule has 0 atom stereocenters. The van der Waals surface area contributed by atoms with E-state index in [1.165, 1.54) is 36.0 Å². The standard InChI is InChI=1S/C16H13ClF3NOS/c17-11-4-5-14(13(19)8-11)21-15(22)6-7-23-9-10-2-1-3-12(18)16(10)20/h1-5,8H,6-7,9H2,(H,21,22). The van der Waals surface area contributed by atoms with Crippen LogP contribution in [-0.4, -0.2) is 11.7 Å². The van der Waals surface area contributed by atoms with Gasteiger partial charge in [-0.3, -0.25) is 4.79 Å². The highest BCUT2D eigenvalue weighted by Gasteiger charge is 2.09. The van der Waals surface area contributed by atoms with Gasteiger partial charge in [0.05, 0.1) is 5.69 Å². The Kier molecular flexibility index (Phi) is 6.36. The number of hydrogen-bond acceptors (Lipinski definition) is 2. The predicted octanol–water partition coefficient (Wildman–Crippen LogP) is 5.02. The lowest BCUT2D eigenvalue weighted by Crippen LogP contribution is -2.13. The van der Waals surface area contributed by atoms with Crippen molar-refractivity contribution in [1.29, 1.82) is 0 Å². The van der Waals surface area contributed by atoms with Gasteiger partial charge in [-0.25, -0.2) is 13.2 Å². The molecule has 0 aromatic heterocycles. The third kappa shape index (κ3) is 5.18. The molecule has 1 N–H and O–H groups in total. The summed E-state index contributed by atoms with van der Waals surface area (Å²) >= 11 is 6.92. The topological polar surface area (TPSA) is 29.1 Å². The molecule has 0 saturated heterocycles. The van der Waals surface area contributed by atoms with Crippen molar-refractivity contribution in [3.63, 3.8) is 0 Å². The molecule has 2 rings (SSSR count). The molecule has 1 amide bonds. The molecule has 122 valence electrons. The van der Waals surface area contributed by atoms with E-state index in [2.05, 4.69) is 5.32 Å². The molecule has 2 nitrogen and oxygen atoms in total. The maximum Gasteiger partial charge on any atom is 0.225 e. The largest absolute Gasteiger partial charge is 0.324 e. The van der Waals surface area contributed by atoms with Crippen LogP contribution < -0.4 is 5.32 Å². The minimum atomic E-state index is -0.890. The van der Waals surface area contributed by atoms with E-state index in [0.717, 1.165) is 12.1 Å². The highest BCUT2D eigenvalue weighted by molar-refractivity contribution is 7.98. The number of halogens is 4. The molecule has 0 aliphatic rings. The molecule has 0 bridgehead atoms. The Morgan fingerprint density at radius 1 is 1.13 bits per heavy atom. The summed E-state index contributed by atoms with van der Waals surface area (Å²) in [6.07, 6.45) is 0.129. The van der Waals surface area contributed by atoms with Gasteiger partial charge in [0.15, 0.2) is 11.6 Å². The summed E-state index contributed by atoms with van der Waals surface area (Å²) in [5.41, 5.74) is 0.305. The average Bonchev–Trinajstić information content (AvgIpc) is 2.50. The zero-order valence-corrected chi connectivity index (χ0v) is 13.5. The molecule has 0 fully saturated rings. The van der Waals surface area contributed by atoms with Gasteiger partial charge in [0, 0.05) is 28.5 Å². The van der Waals surface area contributed by atoms with Gasteiger partial charge in [-0.15, -0.1) is 0 Å².